The highest BCUT2D eigenvalue weighted by Gasteiger charge is 2.23. The van der Waals surface area contributed by atoms with Crippen LogP contribution in [0.25, 0.3) is 6.08 Å². The van der Waals surface area contributed by atoms with E-state index in [0.717, 1.165) is 37.3 Å². The van der Waals surface area contributed by atoms with Crippen LogP contribution in [0, 0.1) is 0 Å². The zero-order chi connectivity index (χ0) is 17.1. The number of aryl methyl sites for hydroxylation is 1. The van der Waals surface area contributed by atoms with Crippen molar-refractivity contribution in [3.63, 3.8) is 0 Å². The van der Waals surface area contributed by atoms with Gasteiger partial charge in [0.2, 0.25) is 0 Å². The second-order valence-electron chi connectivity index (χ2n) is 5.87. The lowest BCUT2D eigenvalue weighted by molar-refractivity contribution is -0.115. The fourth-order valence-corrected chi connectivity index (χ4v) is 3.65. The Morgan fingerprint density at radius 2 is 2.40 bits per heavy atom. The normalized spacial score (nSPS) is 19.3. The number of carbonyl (C=O) groups excluding carboxylic acids is 1. The number of hydrogen-bond donors (Lipinski definition) is 1. The minimum absolute atomic E-state index is 0.0879. The summed E-state index contributed by atoms with van der Waals surface area (Å²) in [6, 6.07) is 6.03. The van der Waals surface area contributed by atoms with E-state index in [1.165, 1.54) is 17.3 Å². The lowest BCUT2D eigenvalue weighted by Gasteiger charge is -2.00. The Balaban J connectivity index is 1.37. The molecule has 0 aliphatic carbocycles. The van der Waals surface area contributed by atoms with Crippen LogP contribution in [-0.2, 0) is 17.8 Å². The first-order chi connectivity index (χ1) is 12.3. The summed E-state index contributed by atoms with van der Waals surface area (Å²) in [7, 11) is 0. The molecular formula is C18H18N4O2S. The van der Waals surface area contributed by atoms with Gasteiger partial charge >= 0.3 is 0 Å². The third-order valence-corrected chi connectivity index (χ3v) is 5.00. The number of rotatable bonds is 5. The molecule has 0 saturated carbocycles. The molecule has 25 heavy (non-hydrogen) atoms. The van der Waals surface area contributed by atoms with E-state index >= 15 is 0 Å². The Morgan fingerprint density at radius 1 is 1.44 bits per heavy atom. The summed E-state index contributed by atoms with van der Waals surface area (Å²) in [5.41, 5.74) is 2.22. The summed E-state index contributed by atoms with van der Waals surface area (Å²) < 4.78 is 7.53. The summed E-state index contributed by atoms with van der Waals surface area (Å²) in [6.07, 6.45) is 9.23. The number of thioether (sulfide) groups is 1. The molecule has 1 amide bonds. The first-order valence-electron chi connectivity index (χ1n) is 8.25. The van der Waals surface area contributed by atoms with Gasteiger partial charge in [0, 0.05) is 31.9 Å². The fraction of sp³-hybridized carbons (Fsp3) is 0.278. The van der Waals surface area contributed by atoms with Crippen LogP contribution in [0.15, 0.2) is 46.8 Å². The van der Waals surface area contributed by atoms with Crippen LogP contribution in [0.2, 0.25) is 0 Å². The second kappa shape index (κ2) is 7.14. The van der Waals surface area contributed by atoms with Gasteiger partial charge in [-0.2, -0.15) is 0 Å². The lowest BCUT2D eigenvalue weighted by Crippen LogP contribution is -2.20. The molecule has 1 saturated heterocycles. The van der Waals surface area contributed by atoms with Gasteiger partial charge < -0.3 is 14.6 Å². The molecule has 1 aromatic carbocycles. The predicted octanol–water partition coefficient (Wildman–Crippen LogP) is 2.47. The van der Waals surface area contributed by atoms with E-state index < -0.39 is 0 Å². The Labute approximate surface area is 150 Å². The molecule has 1 N–H and O–H groups in total. The maximum Gasteiger partial charge on any atom is 0.264 e. The third-order valence-electron chi connectivity index (χ3n) is 4.05. The molecule has 128 valence electrons. The predicted molar refractivity (Wildman–Crippen MR) is 98.5 cm³/mol. The van der Waals surface area contributed by atoms with Crippen molar-refractivity contribution in [1.29, 1.82) is 0 Å². The zero-order valence-electron chi connectivity index (χ0n) is 13.6. The van der Waals surface area contributed by atoms with Crippen LogP contribution in [0.4, 0.5) is 0 Å². The van der Waals surface area contributed by atoms with Gasteiger partial charge in [-0.3, -0.25) is 9.79 Å². The maximum absolute atomic E-state index is 12.1. The SMILES string of the molecule is O=C1NC(=NCCCn2ccnc2)S/C1=C/c1ccc2c(c1)CCO2. The number of hydrogen-bond acceptors (Lipinski definition) is 5. The highest BCUT2D eigenvalue weighted by molar-refractivity contribution is 8.18. The van der Waals surface area contributed by atoms with Crippen LogP contribution in [-0.4, -0.2) is 33.8 Å². The van der Waals surface area contributed by atoms with Crippen molar-refractivity contribution >= 4 is 28.9 Å². The molecule has 0 bridgehead atoms. The number of aliphatic imine (C=N–C) groups is 1. The van der Waals surface area contributed by atoms with E-state index in [1.807, 2.05) is 29.0 Å². The molecule has 0 unspecified atom stereocenters. The molecule has 1 aromatic heterocycles. The Bertz CT molecular complexity index is 843. The van der Waals surface area contributed by atoms with Gasteiger partial charge in [-0.05, 0) is 47.5 Å². The van der Waals surface area contributed by atoms with E-state index in [9.17, 15) is 4.79 Å². The molecular weight excluding hydrogens is 336 g/mol. The monoisotopic (exact) mass is 354 g/mol. The molecule has 6 nitrogen and oxygen atoms in total. The van der Waals surface area contributed by atoms with Gasteiger partial charge in [-0.25, -0.2) is 4.98 Å². The molecule has 2 aliphatic heterocycles. The Hall–Kier alpha value is -2.54. The van der Waals surface area contributed by atoms with Crippen molar-refractivity contribution in [3.8, 4) is 5.75 Å². The molecule has 0 radical (unpaired) electrons. The average molecular weight is 354 g/mol. The van der Waals surface area contributed by atoms with Gasteiger partial charge in [0.15, 0.2) is 5.17 Å². The minimum Gasteiger partial charge on any atom is -0.493 e. The Kier molecular flexibility index (Phi) is 4.56. The van der Waals surface area contributed by atoms with Crippen LogP contribution in [0.1, 0.15) is 17.5 Å². The van der Waals surface area contributed by atoms with Crippen molar-refractivity contribution in [3.05, 3.63) is 53.0 Å². The molecule has 2 aliphatic rings. The number of fused-ring (bicyclic) bond motifs is 1. The van der Waals surface area contributed by atoms with E-state index in [4.69, 9.17) is 4.74 Å². The van der Waals surface area contributed by atoms with Crippen LogP contribution >= 0.6 is 11.8 Å². The number of carbonyl (C=O) groups is 1. The van der Waals surface area contributed by atoms with Gasteiger partial charge in [0.05, 0.1) is 17.8 Å². The van der Waals surface area contributed by atoms with Crippen molar-refractivity contribution in [1.82, 2.24) is 14.9 Å². The number of benzene rings is 1. The molecule has 0 spiro atoms. The molecule has 7 heteroatoms. The van der Waals surface area contributed by atoms with E-state index in [1.54, 1.807) is 12.5 Å². The first kappa shape index (κ1) is 16.0. The number of amidine groups is 1. The van der Waals surface area contributed by atoms with Crippen molar-refractivity contribution < 1.29 is 9.53 Å². The first-order valence-corrected chi connectivity index (χ1v) is 9.06. The van der Waals surface area contributed by atoms with Crippen LogP contribution in [0.3, 0.4) is 0 Å². The maximum atomic E-state index is 12.1. The van der Waals surface area contributed by atoms with Crippen molar-refractivity contribution in [2.75, 3.05) is 13.2 Å². The van der Waals surface area contributed by atoms with Crippen LogP contribution in [0.5, 0.6) is 5.75 Å². The number of aromatic nitrogens is 2. The molecule has 2 aromatic rings. The lowest BCUT2D eigenvalue weighted by atomic mass is 10.1. The fourth-order valence-electron chi connectivity index (χ4n) is 2.80. The van der Waals surface area contributed by atoms with E-state index in [0.29, 0.717) is 16.6 Å². The van der Waals surface area contributed by atoms with Crippen molar-refractivity contribution in [2.45, 2.75) is 19.4 Å². The van der Waals surface area contributed by atoms with Gasteiger partial charge in [0.1, 0.15) is 5.75 Å². The van der Waals surface area contributed by atoms with Crippen LogP contribution < -0.4 is 10.1 Å². The van der Waals surface area contributed by atoms with Gasteiger partial charge in [-0.15, -0.1) is 0 Å². The van der Waals surface area contributed by atoms with Gasteiger partial charge in [-0.1, -0.05) is 6.07 Å². The Morgan fingerprint density at radius 3 is 3.28 bits per heavy atom. The summed E-state index contributed by atoms with van der Waals surface area (Å²) in [5.74, 6) is 0.862. The average Bonchev–Trinajstić information content (AvgIpc) is 3.33. The zero-order valence-corrected chi connectivity index (χ0v) is 14.5. The number of nitrogens with one attached hydrogen (secondary N) is 1. The summed E-state index contributed by atoms with van der Waals surface area (Å²) in [6.45, 7) is 2.28. The number of nitrogens with zero attached hydrogens (tertiary/aromatic N) is 3. The molecule has 3 heterocycles. The quantitative estimate of drug-likeness (QED) is 0.662. The topological polar surface area (TPSA) is 68.5 Å². The molecule has 0 atom stereocenters. The summed E-state index contributed by atoms with van der Waals surface area (Å²) in [4.78, 5) is 21.3. The largest absolute Gasteiger partial charge is 0.493 e. The minimum atomic E-state index is -0.0879. The number of ether oxygens (including phenoxy) is 1. The molecule has 1 fully saturated rings. The third kappa shape index (κ3) is 3.76. The summed E-state index contributed by atoms with van der Waals surface area (Å²) in [5, 5.41) is 3.50. The highest BCUT2D eigenvalue weighted by atomic mass is 32.2. The smallest absolute Gasteiger partial charge is 0.264 e. The van der Waals surface area contributed by atoms with Gasteiger partial charge in [0.25, 0.3) is 5.91 Å². The standard InChI is InChI=1S/C18H18N4O2S/c23-17-16(11-13-2-3-15-14(10-13)4-9-24-15)25-18(21-17)20-5-1-7-22-8-6-19-12-22/h2-3,6,8,10-12H,1,4-5,7,9H2,(H,20,21,23)/b16-11+. The number of imidazole rings is 1. The second-order valence-corrected chi connectivity index (χ2v) is 6.90. The van der Waals surface area contributed by atoms with E-state index in [2.05, 4.69) is 21.4 Å². The number of amides is 1. The highest BCUT2D eigenvalue weighted by Crippen LogP contribution is 2.30. The van der Waals surface area contributed by atoms with Crippen molar-refractivity contribution in [2.24, 2.45) is 4.99 Å². The molecule has 4 rings (SSSR count). The van der Waals surface area contributed by atoms with E-state index in [-0.39, 0.29) is 5.91 Å². The summed E-state index contributed by atoms with van der Waals surface area (Å²) >= 11 is 1.39.